The fraction of sp³-hybridized carbons (Fsp3) is 0.545. The molecule has 0 saturated heterocycles. The molecule has 0 saturated carbocycles. The van der Waals surface area contributed by atoms with Gasteiger partial charge in [0.25, 0.3) is 0 Å². The topological polar surface area (TPSA) is 57.5 Å². The Morgan fingerprint density at radius 3 is 2.69 bits per heavy atom. The molecule has 0 aliphatic rings. The third-order valence-corrected chi connectivity index (χ3v) is 4.24. The molecule has 0 aliphatic heterocycles. The van der Waals surface area contributed by atoms with Gasteiger partial charge in [-0.05, 0) is 24.7 Å². The van der Waals surface area contributed by atoms with Gasteiger partial charge in [-0.25, -0.2) is 4.79 Å². The van der Waals surface area contributed by atoms with E-state index in [9.17, 15) is 4.79 Å². The van der Waals surface area contributed by atoms with Crippen LogP contribution in [-0.2, 0) is 0 Å². The number of hydrogen-bond acceptors (Lipinski definition) is 4. The van der Waals surface area contributed by atoms with Crippen LogP contribution < -0.4 is 0 Å². The second kappa shape index (κ2) is 7.70. The van der Waals surface area contributed by atoms with E-state index in [0.29, 0.717) is 4.88 Å². The van der Waals surface area contributed by atoms with Crippen LogP contribution in [0.25, 0.3) is 0 Å². The molecule has 3 nitrogen and oxygen atoms in total. The number of carboxylic acids is 1. The zero-order valence-electron chi connectivity index (χ0n) is 9.02. The average molecular weight is 260 g/mol. The van der Waals surface area contributed by atoms with Gasteiger partial charge in [-0.2, -0.15) is 0 Å². The summed E-state index contributed by atoms with van der Waals surface area (Å²) in [6.45, 7) is 0.277. The first-order valence-electron chi connectivity index (χ1n) is 5.29. The molecule has 0 atom stereocenters. The van der Waals surface area contributed by atoms with Gasteiger partial charge in [0.15, 0.2) is 0 Å². The van der Waals surface area contributed by atoms with Crippen molar-refractivity contribution in [1.82, 2.24) is 0 Å². The molecular formula is C11H16O3S2. The lowest BCUT2D eigenvalue weighted by molar-refractivity contribution is 0.0702. The normalized spacial score (nSPS) is 10.6. The van der Waals surface area contributed by atoms with Gasteiger partial charge in [-0.3, -0.25) is 0 Å². The predicted octanol–water partition coefficient (Wildman–Crippen LogP) is 3.09. The van der Waals surface area contributed by atoms with Crippen LogP contribution in [0.5, 0.6) is 0 Å². The summed E-state index contributed by atoms with van der Waals surface area (Å²) in [7, 11) is 0. The summed E-state index contributed by atoms with van der Waals surface area (Å²) in [6.07, 6.45) is 4.19. The summed E-state index contributed by atoms with van der Waals surface area (Å²) in [5.41, 5.74) is 0. The number of aliphatic hydroxyl groups is 1. The van der Waals surface area contributed by atoms with Crippen molar-refractivity contribution in [3.8, 4) is 0 Å². The van der Waals surface area contributed by atoms with Crippen LogP contribution in [0.4, 0.5) is 0 Å². The number of hydrogen-bond donors (Lipinski definition) is 2. The number of carbonyl (C=O) groups is 1. The molecule has 0 aliphatic carbocycles. The predicted molar refractivity (Wildman–Crippen MR) is 67.6 cm³/mol. The number of aliphatic hydroxyl groups excluding tert-OH is 1. The minimum Gasteiger partial charge on any atom is -0.477 e. The molecule has 0 fully saturated rings. The highest BCUT2D eigenvalue weighted by Crippen LogP contribution is 2.25. The number of thioether (sulfide) groups is 1. The Kier molecular flexibility index (Phi) is 6.52. The van der Waals surface area contributed by atoms with Gasteiger partial charge in [0, 0.05) is 16.9 Å². The lowest BCUT2D eigenvalue weighted by atomic mass is 10.2. The van der Waals surface area contributed by atoms with E-state index >= 15 is 0 Å². The molecule has 0 bridgehead atoms. The largest absolute Gasteiger partial charge is 0.477 e. The maximum absolute atomic E-state index is 10.6. The Bertz CT molecular complexity index is 323. The van der Waals surface area contributed by atoms with Crippen molar-refractivity contribution in [2.75, 3.05) is 12.4 Å². The highest BCUT2D eigenvalue weighted by atomic mass is 32.2. The van der Waals surface area contributed by atoms with Crippen LogP contribution in [-0.4, -0.2) is 28.5 Å². The molecule has 1 heterocycles. The fourth-order valence-corrected chi connectivity index (χ4v) is 3.15. The lowest BCUT2D eigenvalue weighted by Crippen LogP contribution is -1.89. The summed E-state index contributed by atoms with van der Waals surface area (Å²) in [5.74, 6) is 0.168. The zero-order valence-corrected chi connectivity index (χ0v) is 10.6. The van der Waals surface area contributed by atoms with E-state index < -0.39 is 5.97 Å². The van der Waals surface area contributed by atoms with Crippen molar-refractivity contribution in [3.63, 3.8) is 0 Å². The first-order chi connectivity index (χ1) is 7.74. The minimum atomic E-state index is -0.847. The minimum absolute atomic E-state index is 0.277. The number of rotatable bonds is 8. The van der Waals surface area contributed by atoms with E-state index in [4.69, 9.17) is 10.2 Å². The van der Waals surface area contributed by atoms with Crippen molar-refractivity contribution >= 4 is 29.1 Å². The van der Waals surface area contributed by atoms with Crippen LogP contribution in [0.1, 0.15) is 35.4 Å². The maximum Gasteiger partial charge on any atom is 0.345 e. The van der Waals surface area contributed by atoms with E-state index in [1.165, 1.54) is 11.3 Å². The van der Waals surface area contributed by atoms with E-state index in [-0.39, 0.29) is 6.61 Å². The summed E-state index contributed by atoms with van der Waals surface area (Å²) in [6, 6.07) is 1.73. The Balaban J connectivity index is 2.14. The molecule has 1 aromatic heterocycles. The second-order valence-electron chi connectivity index (χ2n) is 3.44. The first-order valence-corrected chi connectivity index (χ1v) is 7.16. The molecule has 0 aromatic carbocycles. The maximum atomic E-state index is 10.6. The fourth-order valence-electron chi connectivity index (χ4n) is 1.26. The molecule has 0 unspecified atom stereocenters. The van der Waals surface area contributed by atoms with Gasteiger partial charge in [0.05, 0.1) is 0 Å². The van der Waals surface area contributed by atoms with Crippen molar-refractivity contribution in [2.45, 2.75) is 30.6 Å². The van der Waals surface area contributed by atoms with Gasteiger partial charge in [-0.1, -0.05) is 12.8 Å². The van der Waals surface area contributed by atoms with Crippen molar-refractivity contribution in [2.24, 2.45) is 0 Å². The van der Waals surface area contributed by atoms with Gasteiger partial charge in [0.2, 0.25) is 0 Å². The van der Waals surface area contributed by atoms with Crippen LogP contribution >= 0.6 is 23.1 Å². The number of aromatic carboxylic acids is 1. The Morgan fingerprint density at radius 2 is 2.06 bits per heavy atom. The standard InChI is InChI=1S/C11H16O3S2/c12-5-3-1-2-4-6-15-9-7-10(11(13)14)16-8-9/h7-8,12H,1-6H2,(H,13,14). The van der Waals surface area contributed by atoms with Gasteiger partial charge >= 0.3 is 5.97 Å². The van der Waals surface area contributed by atoms with E-state index in [1.54, 1.807) is 17.8 Å². The quantitative estimate of drug-likeness (QED) is 0.557. The molecule has 2 N–H and O–H groups in total. The zero-order chi connectivity index (χ0) is 11.8. The number of thiophene rings is 1. The molecule has 1 aromatic rings. The molecule has 0 amide bonds. The summed E-state index contributed by atoms with van der Waals surface area (Å²) in [5, 5.41) is 19.2. The molecular weight excluding hydrogens is 244 g/mol. The van der Waals surface area contributed by atoms with Gasteiger partial charge in [0.1, 0.15) is 4.88 Å². The summed E-state index contributed by atoms with van der Waals surface area (Å²) < 4.78 is 0. The highest BCUT2D eigenvalue weighted by Gasteiger charge is 2.06. The SMILES string of the molecule is O=C(O)c1cc(SCCCCCCO)cs1. The van der Waals surface area contributed by atoms with Crippen molar-refractivity contribution in [3.05, 3.63) is 16.3 Å². The van der Waals surface area contributed by atoms with E-state index in [1.807, 2.05) is 5.38 Å². The highest BCUT2D eigenvalue weighted by molar-refractivity contribution is 7.99. The molecule has 16 heavy (non-hydrogen) atoms. The third kappa shape index (κ3) is 5.01. The Labute approximate surface area is 103 Å². The van der Waals surface area contributed by atoms with E-state index in [0.717, 1.165) is 36.3 Å². The lowest BCUT2D eigenvalue weighted by Gasteiger charge is -1.98. The van der Waals surface area contributed by atoms with Crippen LogP contribution in [0.3, 0.4) is 0 Å². The number of unbranched alkanes of at least 4 members (excludes halogenated alkanes) is 3. The first kappa shape index (κ1) is 13.5. The number of carboxylic acid groups (broad SMARTS) is 1. The summed E-state index contributed by atoms with van der Waals surface area (Å²) in [4.78, 5) is 12.1. The van der Waals surface area contributed by atoms with E-state index in [2.05, 4.69) is 0 Å². The van der Waals surface area contributed by atoms with Crippen molar-refractivity contribution in [1.29, 1.82) is 0 Å². The molecule has 90 valence electrons. The Hall–Kier alpha value is -0.520. The second-order valence-corrected chi connectivity index (χ2v) is 5.52. The monoisotopic (exact) mass is 260 g/mol. The van der Waals surface area contributed by atoms with Crippen LogP contribution in [0, 0.1) is 0 Å². The van der Waals surface area contributed by atoms with Gasteiger partial charge in [-0.15, -0.1) is 23.1 Å². The third-order valence-electron chi connectivity index (χ3n) is 2.11. The van der Waals surface area contributed by atoms with Gasteiger partial charge < -0.3 is 10.2 Å². The molecule has 0 spiro atoms. The van der Waals surface area contributed by atoms with Crippen LogP contribution in [0.15, 0.2) is 16.3 Å². The Morgan fingerprint density at radius 1 is 1.31 bits per heavy atom. The smallest absolute Gasteiger partial charge is 0.345 e. The molecule has 0 radical (unpaired) electrons. The molecule has 5 heteroatoms. The molecule has 1 rings (SSSR count). The van der Waals surface area contributed by atoms with Crippen LogP contribution in [0.2, 0.25) is 0 Å². The average Bonchev–Trinajstić information content (AvgIpc) is 2.72. The summed E-state index contributed by atoms with van der Waals surface area (Å²) >= 11 is 2.98. The van der Waals surface area contributed by atoms with Crippen molar-refractivity contribution < 1.29 is 15.0 Å².